The number of anilines is 1. The topological polar surface area (TPSA) is 75.9 Å². The predicted molar refractivity (Wildman–Crippen MR) is 94.7 cm³/mol. The Bertz CT molecular complexity index is 782. The van der Waals surface area contributed by atoms with E-state index in [0.717, 1.165) is 43.3 Å². The molecule has 1 amide bonds. The van der Waals surface area contributed by atoms with Gasteiger partial charge in [-0.1, -0.05) is 0 Å². The molecule has 2 aliphatic rings. The second-order valence-corrected chi connectivity index (χ2v) is 7.13. The molecule has 2 aromatic rings. The second-order valence-electron chi connectivity index (χ2n) is 7.13. The van der Waals surface area contributed by atoms with E-state index in [1.165, 1.54) is 12.8 Å². The molecule has 1 unspecified atom stereocenters. The van der Waals surface area contributed by atoms with Gasteiger partial charge in [-0.15, -0.1) is 0 Å². The van der Waals surface area contributed by atoms with Crippen LogP contribution in [0.15, 0.2) is 18.3 Å². The molecule has 1 saturated heterocycles. The van der Waals surface area contributed by atoms with E-state index in [1.807, 2.05) is 14.0 Å². The summed E-state index contributed by atoms with van der Waals surface area (Å²) in [6, 6.07) is 3.91. The number of aromatic nitrogens is 4. The summed E-state index contributed by atoms with van der Waals surface area (Å²) >= 11 is 0. The Morgan fingerprint density at radius 3 is 2.84 bits per heavy atom. The molecular weight excluding hydrogens is 316 g/mol. The molecule has 0 radical (unpaired) electrons. The number of hydrogen-bond donors (Lipinski definition) is 1. The van der Waals surface area contributed by atoms with Crippen molar-refractivity contribution < 1.29 is 4.79 Å². The third-order valence-corrected chi connectivity index (χ3v) is 4.83. The van der Waals surface area contributed by atoms with Crippen molar-refractivity contribution in [2.45, 2.75) is 44.6 Å². The van der Waals surface area contributed by atoms with Gasteiger partial charge in [-0.25, -0.2) is 9.97 Å². The highest BCUT2D eigenvalue weighted by Gasteiger charge is 2.29. The molecule has 2 aromatic heterocycles. The summed E-state index contributed by atoms with van der Waals surface area (Å²) in [4.78, 5) is 24.0. The minimum absolute atomic E-state index is 0.106. The zero-order valence-corrected chi connectivity index (χ0v) is 14.8. The molecule has 0 bridgehead atoms. The van der Waals surface area contributed by atoms with Gasteiger partial charge in [0.1, 0.15) is 17.3 Å². The molecule has 7 nitrogen and oxygen atoms in total. The van der Waals surface area contributed by atoms with Crippen molar-refractivity contribution in [1.29, 1.82) is 0 Å². The lowest BCUT2D eigenvalue weighted by atomic mass is 10.1. The lowest BCUT2D eigenvalue weighted by molar-refractivity contribution is 0.0927. The van der Waals surface area contributed by atoms with Crippen LogP contribution in [0.4, 0.5) is 5.82 Å². The third kappa shape index (κ3) is 3.65. The van der Waals surface area contributed by atoms with E-state index in [9.17, 15) is 4.79 Å². The number of rotatable bonds is 4. The van der Waals surface area contributed by atoms with Crippen molar-refractivity contribution in [2.75, 3.05) is 18.0 Å². The molecule has 7 heteroatoms. The van der Waals surface area contributed by atoms with Crippen molar-refractivity contribution in [3.05, 3.63) is 35.5 Å². The van der Waals surface area contributed by atoms with E-state index in [4.69, 9.17) is 4.98 Å². The fraction of sp³-hybridized carbons (Fsp3) is 0.556. The quantitative estimate of drug-likeness (QED) is 0.918. The zero-order chi connectivity index (χ0) is 17.4. The zero-order valence-electron chi connectivity index (χ0n) is 14.8. The van der Waals surface area contributed by atoms with E-state index in [-0.39, 0.29) is 11.9 Å². The minimum atomic E-state index is -0.106. The van der Waals surface area contributed by atoms with Gasteiger partial charge in [0.2, 0.25) is 0 Å². The van der Waals surface area contributed by atoms with E-state index in [0.29, 0.717) is 11.6 Å². The van der Waals surface area contributed by atoms with Gasteiger partial charge in [-0.2, -0.15) is 5.10 Å². The van der Waals surface area contributed by atoms with Gasteiger partial charge >= 0.3 is 0 Å². The first-order valence-electron chi connectivity index (χ1n) is 8.99. The van der Waals surface area contributed by atoms with E-state index < -0.39 is 0 Å². The van der Waals surface area contributed by atoms with Crippen LogP contribution in [0.1, 0.15) is 53.6 Å². The predicted octanol–water partition coefficient (Wildman–Crippen LogP) is 1.79. The Kier molecular flexibility index (Phi) is 4.15. The molecule has 0 spiro atoms. The molecule has 0 aromatic carbocycles. The summed E-state index contributed by atoms with van der Waals surface area (Å²) in [5.74, 6) is 2.41. The lowest BCUT2D eigenvalue weighted by Crippen LogP contribution is -2.48. The van der Waals surface area contributed by atoms with Crippen LogP contribution in [0, 0.1) is 6.92 Å². The molecular formula is C18H24N6O. The van der Waals surface area contributed by atoms with Crippen LogP contribution in [-0.4, -0.2) is 44.8 Å². The fourth-order valence-electron chi connectivity index (χ4n) is 3.36. The summed E-state index contributed by atoms with van der Waals surface area (Å²) in [6.45, 7) is 3.77. The van der Waals surface area contributed by atoms with Crippen LogP contribution in [0.5, 0.6) is 0 Å². The summed E-state index contributed by atoms with van der Waals surface area (Å²) in [6.07, 6.45) is 6.20. The van der Waals surface area contributed by atoms with Crippen molar-refractivity contribution in [1.82, 2.24) is 25.1 Å². The summed E-state index contributed by atoms with van der Waals surface area (Å²) in [7, 11) is 1.81. The first kappa shape index (κ1) is 16.1. The first-order chi connectivity index (χ1) is 12.1. The van der Waals surface area contributed by atoms with E-state index in [1.54, 1.807) is 16.9 Å². The van der Waals surface area contributed by atoms with Gasteiger partial charge in [-0.3, -0.25) is 9.48 Å². The SMILES string of the molecule is Cc1cc(N2CCCC(NC(=O)c3ccn(C)n3)C2)nc(C2CC2)n1. The number of amides is 1. The Hall–Kier alpha value is -2.44. The first-order valence-corrected chi connectivity index (χ1v) is 8.99. The monoisotopic (exact) mass is 340 g/mol. The number of carbonyl (C=O) groups is 1. The van der Waals surface area contributed by atoms with Gasteiger partial charge in [0.05, 0.1) is 0 Å². The lowest BCUT2D eigenvalue weighted by Gasteiger charge is -2.34. The Morgan fingerprint density at radius 1 is 1.28 bits per heavy atom. The standard InChI is InChI=1S/C18H24N6O/c1-12-10-16(21-17(19-12)13-5-6-13)24-8-3-4-14(11-24)20-18(25)15-7-9-23(2)22-15/h7,9-10,13-14H,3-6,8,11H2,1-2H3,(H,20,25). The van der Waals surface area contributed by atoms with E-state index in [2.05, 4.69) is 26.4 Å². The van der Waals surface area contributed by atoms with Crippen molar-refractivity contribution in [2.24, 2.45) is 7.05 Å². The highest BCUT2D eigenvalue weighted by molar-refractivity contribution is 5.92. The number of nitrogens with zero attached hydrogens (tertiary/aromatic N) is 5. The van der Waals surface area contributed by atoms with Crippen LogP contribution in [-0.2, 0) is 7.05 Å². The Morgan fingerprint density at radius 2 is 2.12 bits per heavy atom. The average Bonchev–Trinajstić information content (AvgIpc) is 3.36. The number of hydrogen-bond acceptors (Lipinski definition) is 5. The maximum Gasteiger partial charge on any atom is 0.272 e. The molecule has 4 rings (SSSR count). The van der Waals surface area contributed by atoms with Crippen molar-refractivity contribution >= 4 is 11.7 Å². The average molecular weight is 340 g/mol. The highest BCUT2D eigenvalue weighted by atomic mass is 16.2. The van der Waals surface area contributed by atoms with Crippen LogP contribution >= 0.6 is 0 Å². The molecule has 1 atom stereocenters. The molecule has 1 aliphatic carbocycles. The summed E-state index contributed by atoms with van der Waals surface area (Å²) in [5, 5.41) is 7.29. The van der Waals surface area contributed by atoms with Gasteiger partial charge in [0.15, 0.2) is 0 Å². The fourth-order valence-corrected chi connectivity index (χ4v) is 3.36. The van der Waals surface area contributed by atoms with Gasteiger partial charge in [0, 0.05) is 50.1 Å². The van der Waals surface area contributed by atoms with Crippen LogP contribution in [0.2, 0.25) is 0 Å². The molecule has 1 N–H and O–H groups in total. The minimum Gasteiger partial charge on any atom is -0.354 e. The smallest absolute Gasteiger partial charge is 0.272 e. The number of aryl methyl sites for hydroxylation is 2. The van der Waals surface area contributed by atoms with Gasteiger partial charge < -0.3 is 10.2 Å². The molecule has 3 heterocycles. The normalized spacial score (nSPS) is 20.6. The molecule has 1 aliphatic heterocycles. The molecule has 2 fully saturated rings. The highest BCUT2D eigenvalue weighted by Crippen LogP contribution is 2.38. The van der Waals surface area contributed by atoms with Crippen LogP contribution < -0.4 is 10.2 Å². The second kappa shape index (κ2) is 6.46. The van der Waals surface area contributed by atoms with Crippen molar-refractivity contribution in [3.8, 4) is 0 Å². The number of carbonyl (C=O) groups excluding carboxylic acids is 1. The maximum atomic E-state index is 12.3. The summed E-state index contributed by atoms with van der Waals surface area (Å²) in [5.41, 5.74) is 1.49. The molecule has 1 saturated carbocycles. The van der Waals surface area contributed by atoms with Crippen LogP contribution in [0.3, 0.4) is 0 Å². The van der Waals surface area contributed by atoms with Crippen LogP contribution in [0.25, 0.3) is 0 Å². The van der Waals surface area contributed by atoms with Gasteiger partial charge in [0.25, 0.3) is 5.91 Å². The number of piperidine rings is 1. The number of nitrogens with one attached hydrogen (secondary N) is 1. The Balaban J connectivity index is 1.45. The molecule has 25 heavy (non-hydrogen) atoms. The Labute approximate surface area is 147 Å². The van der Waals surface area contributed by atoms with Crippen molar-refractivity contribution in [3.63, 3.8) is 0 Å². The molecule has 132 valence electrons. The largest absolute Gasteiger partial charge is 0.354 e. The van der Waals surface area contributed by atoms with E-state index >= 15 is 0 Å². The third-order valence-electron chi connectivity index (χ3n) is 4.83. The summed E-state index contributed by atoms with van der Waals surface area (Å²) < 4.78 is 1.64. The van der Waals surface area contributed by atoms with Gasteiger partial charge in [-0.05, 0) is 38.7 Å². The maximum absolute atomic E-state index is 12.3.